The van der Waals surface area contributed by atoms with Crippen molar-refractivity contribution in [2.24, 2.45) is 0 Å². The Kier molecular flexibility index (Phi) is 4.33. The fourth-order valence-corrected chi connectivity index (χ4v) is 1.76. The molecule has 0 amide bonds. The van der Waals surface area contributed by atoms with Crippen LogP contribution < -0.4 is 5.32 Å². The van der Waals surface area contributed by atoms with Crippen LogP contribution in [0.5, 0.6) is 0 Å². The lowest BCUT2D eigenvalue weighted by Crippen LogP contribution is -2.13. The Bertz CT molecular complexity index is 533. The van der Waals surface area contributed by atoms with Crippen LogP contribution in [0.25, 0.3) is 11.3 Å². The molecule has 0 spiro atoms. The monoisotopic (exact) mass is 309 g/mol. The molecule has 1 N–H and O–H groups in total. The molecule has 0 radical (unpaired) electrons. The van der Waals surface area contributed by atoms with Gasteiger partial charge in [0.25, 0.3) is 0 Å². The van der Waals surface area contributed by atoms with E-state index in [0.717, 1.165) is 21.6 Å². The van der Waals surface area contributed by atoms with E-state index in [0.29, 0.717) is 13.1 Å². The Hall–Kier alpha value is -1.39. The molecule has 0 aliphatic heterocycles. The molecule has 1 heterocycles. The number of nitrogens with one attached hydrogen (secondary N) is 1. The van der Waals surface area contributed by atoms with Gasteiger partial charge in [-0.05, 0) is 36.4 Å². The van der Waals surface area contributed by atoms with Crippen molar-refractivity contribution >= 4 is 15.9 Å². The van der Waals surface area contributed by atoms with Crippen LogP contribution in [0.2, 0.25) is 0 Å². The van der Waals surface area contributed by atoms with E-state index >= 15 is 0 Å². The normalized spacial score (nSPS) is 10.6. The molecule has 1 aromatic heterocycles. The average Bonchev–Trinajstić information content (AvgIpc) is 2.78. The summed E-state index contributed by atoms with van der Waals surface area (Å²) in [7, 11) is 0. The first kappa shape index (κ1) is 13.1. The fourth-order valence-electron chi connectivity index (χ4n) is 1.56. The molecule has 2 nitrogen and oxygen atoms in total. The summed E-state index contributed by atoms with van der Waals surface area (Å²) in [6.45, 7) is 5.05. The van der Waals surface area contributed by atoms with E-state index in [1.54, 1.807) is 12.1 Å². The minimum atomic E-state index is -0.247. The smallest absolute Gasteiger partial charge is 0.134 e. The van der Waals surface area contributed by atoms with E-state index in [4.69, 9.17) is 4.42 Å². The minimum absolute atomic E-state index is 0.247. The van der Waals surface area contributed by atoms with E-state index in [2.05, 4.69) is 27.8 Å². The molecule has 0 saturated carbocycles. The van der Waals surface area contributed by atoms with Crippen molar-refractivity contribution in [3.8, 4) is 11.3 Å². The van der Waals surface area contributed by atoms with Crippen molar-refractivity contribution in [3.63, 3.8) is 0 Å². The molecule has 0 bridgehead atoms. The lowest BCUT2D eigenvalue weighted by Gasteiger charge is -2.00. The molecular formula is C14H13BrFNO. The highest BCUT2D eigenvalue weighted by Gasteiger charge is 2.04. The van der Waals surface area contributed by atoms with Gasteiger partial charge in [-0.1, -0.05) is 22.5 Å². The molecule has 0 aliphatic rings. The van der Waals surface area contributed by atoms with Crippen molar-refractivity contribution in [1.82, 2.24) is 5.32 Å². The van der Waals surface area contributed by atoms with Crippen molar-refractivity contribution in [1.29, 1.82) is 0 Å². The quantitative estimate of drug-likeness (QED) is 0.900. The maximum Gasteiger partial charge on any atom is 0.134 e. The Morgan fingerprint density at radius 1 is 1.22 bits per heavy atom. The molecule has 0 unspecified atom stereocenters. The summed E-state index contributed by atoms with van der Waals surface area (Å²) in [5.41, 5.74) is 0.868. The van der Waals surface area contributed by atoms with Gasteiger partial charge in [-0.2, -0.15) is 0 Å². The molecule has 2 aromatic rings. The van der Waals surface area contributed by atoms with Crippen LogP contribution in [0.1, 0.15) is 5.76 Å². The maximum atomic E-state index is 12.8. The largest absolute Gasteiger partial charge is 0.460 e. The van der Waals surface area contributed by atoms with Gasteiger partial charge in [0, 0.05) is 16.6 Å². The standard InChI is InChI=1S/C14H13BrFNO/c1-10(15)8-17-9-13-6-7-14(18-13)11-2-4-12(16)5-3-11/h2-7,17H,1,8-9H2. The first-order valence-corrected chi connectivity index (χ1v) is 6.33. The number of furan rings is 1. The topological polar surface area (TPSA) is 25.2 Å². The van der Waals surface area contributed by atoms with Gasteiger partial charge in [0.1, 0.15) is 17.3 Å². The Balaban J connectivity index is 2.01. The third kappa shape index (κ3) is 3.55. The van der Waals surface area contributed by atoms with Crippen molar-refractivity contribution < 1.29 is 8.81 Å². The van der Waals surface area contributed by atoms with Crippen LogP contribution >= 0.6 is 15.9 Å². The highest BCUT2D eigenvalue weighted by atomic mass is 79.9. The van der Waals surface area contributed by atoms with Crippen LogP contribution in [0.15, 0.2) is 51.9 Å². The van der Waals surface area contributed by atoms with E-state index in [1.807, 2.05) is 12.1 Å². The molecule has 0 fully saturated rings. The number of hydrogen-bond donors (Lipinski definition) is 1. The van der Waals surface area contributed by atoms with Gasteiger partial charge in [0.2, 0.25) is 0 Å². The van der Waals surface area contributed by atoms with Gasteiger partial charge in [0.05, 0.1) is 6.54 Å². The van der Waals surface area contributed by atoms with Crippen LogP contribution in [0.4, 0.5) is 4.39 Å². The number of hydrogen-bond acceptors (Lipinski definition) is 2. The van der Waals surface area contributed by atoms with Gasteiger partial charge >= 0.3 is 0 Å². The zero-order chi connectivity index (χ0) is 13.0. The van der Waals surface area contributed by atoms with Crippen LogP contribution in [-0.4, -0.2) is 6.54 Å². The zero-order valence-electron chi connectivity index (χ0n) is 9.75. The molecule has 94 valence electrons. The van der Waals surface area contributed by atoms with Gasteiger partial charge < -0.3 is 9.73 Å². The minimum Gasteiger partial charge on any atom is -0.460 e. The summed E-state index contributed by atoms with van der Waals surface area (Å²) in [6, 6.07) is 10.0. The predicted octanol–water partition coefficient (Wildman–Crippen LogP) is 4.08. The summed E-state index contributed by atoms with van der Waals surface area (Å²) in [6.07, 6.45) is 0. The van der Waals surface area contributed by atoms with Crippen molar-refractivity contribution in [2.75, 3.05) is 6.54 Å². The van der Waals surface area contributed by atoms with E-state index in [1.165, 1.54) is 12.1 Å². The summed E-state index contributed by atoms with van der Waals surface area (Å²) in [5, 5.41) is 3.17. The predicted molar refractivity (Wildman–Crippen MR) is 73.9 cm³/mol. The Morgan fingerprint density at radius 2 is 1.94 bits per heavy atom. The van der Waals surface area contributed by atoms with Gasteiger partial charge in [-0.3, -0.25) is 0 Å². The third-order valence-electron chi connectivity index (χ3n) is 2.41. The molecule has 0 saturated heterocycles. The van der Waals surface area contributed by atoms with Gasteiger partial charge in [-0.25, -0.2) is 4.39 Å². The fraction of sp³-hybridized carbons (Fsp3) is 0.143. The number of rotatable bonds is 5. The molecule has 4 heteroatoms. The highest BCUT2D eigenvalue weighted by molar-refractivity contribution is 9.11. The van der Waals surface area contributed by atoms with Gasteiger partial charge in [-0.15, -0.1) is 0 Å². The van der Waals surface area contributed by atoms with E-state index in [9.17, 15) is 4.39 Å². The second-order valence-corrected chi connectivity index (χ2v) is 5.02. The highest BCUT2D eigenvalue weighted by Crippen LogP contribution is 2.22. The first-order valence-electron chi connectivity index (χ1n) is 5.54. The van der Waals surface area contributed by atoms with Gasteiger partial charge in [0.15, 0.2) is 0 Å². The summed E-state index contributed by atoms with van der Waals surface area (Å²) < 4.78 is 19.4. The molecule has 2 rings (SSSR count). The lowest BCUT2D eigenvalue weighted by molar-refractivity contribution is 0.501. The zero-order valence-corrected chi connectivity index (χ0v) is 11.3. The Labute approximate surface area is 114 Å². The molecular weight excluding hydrogens is 297 g/mol. The number of halogens is 2. The number of benzene rings is 1. The third-order valence-corrected chi connectivity index (χ3v) is 2.69. The molecule has 1 aromatic carbocycles. The summed E-state index contributed by atoms with van der Waals surface area (Å²) >= 11 is 3.27. The van der Waals surface area contributed by atoms with E-state index < -0.39 is 0 Å². The van der Waals surface area contributed by atoms with Crippen molar-refractivity contribution in [3.05, 3.63) is 59.0 Å². The summed E-state index contributed by atoms with van der Waals surface area (Å²) in [4.78, 5) is 0. The van der Waals surface area contributed by atoms with Crippen LogP contribution in [-0.2, 0) is 6.54 Å². The maximum absolute atomic E-state index is 12.8. The first-order chi connectivity index (χ1) is 8.65. The summed E-state index contributed by atoms with van der Waals surface area (Å²) in [5.74, 6) is 1.33. The average molecular weight is 310 g/mol. The van der Waals surface area contributed by atoms with Crippen LogP contribution in [0, 0.1) is 5.82 Å². The molecule has 18 heavy (non-hydrogen) atoms. The second kappa shape index (κ2) is 5.98. The molecule has 0 atom stereocenters. The second-order valence-electron chi connectivity index (χ2n) is 3.89. The van der Waals surface area contributed by atoms with Crippen LogP contribution in [0.3, 0.4) is 0 Å². The van der Waals surface area contributed by atoms with E-state index in [-0.39, 0.29) is 5.82 Å². The SMILES string of the molecule is C=C(Br)CNCc1ccc(-c2ccc(F)cc2)o1. The lowest BCUT2D eigenvalue weighted by atomic mass is 10.2. The van der Waals surface area contributed by atoms with Crippen molar-refractivity contribution in [2.45, 2.75) is 6.54 Å². The Morgan fingerprint density at radius 3 is 2.61 bits per heavy atom. The molecule has 0 aliphatic carbocycles.